The smallest absolute Gasteiger partial charge is 0.143 e. The second-order valence-electron chi connectivity index (χ2n) is 12.4. The fourth-order valence-corrected chi connectivity index (χ4v) is 7.72. The molecule has 0 fully saturated rings. The average molecular weight is 597 g/mol. The third kappa shape index (κ3) is 3.97. The highest BCUT2D eigenvalue weighted by Crippen LogP contribution is 2.44. The lowest BCUT2D eigenvalue weighted by atomic mass is 9.87. The van der Waals surface area contributed by atoms with Crippen LogP contribution in [0, 0.1) is 0 Å². The van der Waals surface area contributed by atoms with Gasteiger partial charge >= 0.3 is 0 Å². The molecule has 0 aliphatic carbocycles. The molecule has 1 aromatic heterocycles. The van der Waals surface area contributed by atoms with E-state index in [1.165, 1.54) is 71.1 Å². The van der Waals surface area contributed by atoms with Gasteiger partial charge in [-0.25, -0.2) is 0 Å². The van der Waals surface area contributed by atoms with E-state index in [9.17, 15) is 0 Å². The van der Waals surface area contributed by atoms with Crippen LogP contribution in [0.3, 0.4) is 0 Å². The summed E-state index contributed by atoms with van der Waals surface area (Å²) in [6.07, 6.45) is 0. The van der Waals surface area contributed by atoms with Crippen molar-refractivity contribution in [2.45, 2.75) is 0 Å². The van der Waals surface area contributed by atoms with Crippen LogP contribution in [0.15, 0.2) is 174 Å². The first kappa shape index (κ1) is 26.1. The first-order valence-corrected chi connectivity index (χ1v) is 16.2. The highest BCUT2D eigenvalue weighted by molar-refractivity contribution is 6.26. The molecule has 0 radical (unpaired) electrons. The summed E-state index contributed by atoms with van der Waals surface area (Å²) in [5.41, 5.74) is 9.15. The summed E-state index contributed by atoms with van der Waals surface area (Å²) >= 11 is 0. The summed E-state index contributed by atoms with van der Waals surface area (Å²) in [5, 5.41) is 12.3. The molecule has 0 N–H and O–H groups in total. The molecular formula is C46H28O. The molecule has 10 aromatic rings. The number of hydrogen-bond donors (Lipinski definition) is 0. The van der Waals surface area contributed by atoms with Crippen molar-refractivity contribution in [1.29, 1.82) is 0 Å². The minimum absolute atomic E-state index is 0.913. The summed E-state index contributed by atoms with van der Waals surface area (Å²) < 4.78 is 6.53. The number of hydrogen-bond acceptors (Lipinski definition) is 1. The van der Waals surface area contributed by atoms with Crippen LogP contribution in [-0.2, 0) is 0 Å². The van der Waals surface area contributed by atoms with Crippen LogP contribution in [0.5, 0.6) is 0 Å². The van der Waals surface area contributed by atoms with E-state index >= 15 is 0 Å². The molecule has 0 aliphatic rings. The molecule has 0 atom stereocenters. The van der Waals surface area contributed by atoms with Crippen LogP contribution in [-0.4, -0.2) is 0 Å². The van der Waals surface area contributed by atoms with Gasteiger partial charge in [-0.1, -0.05) is 140 Å². The lowest BCUT2D eigenvalue weighted by Crippen LogP contribution is -1.89. The molecule has 1 heterocycles. The lowest BCUT2D eigenvalue weighted by Gasteiger charge is -2.16. The Balaban J connectivity index is 1.23. The van der Waals surface area contributed by atoms with Crippen LogP contribution in [0.4, 0.5) is 0 Å². The Kier molecular flexibility index (Phi) is 5.64. The first-order chi connectivity index (χ1) is 23.3. The van der Waals surface area contributed by atoms with Gasteiger partial charge in [-0.3, -0.25) is 0 Å². The van der Waals surface area contributed by atoms with Crippen molar-refractivity contribution in [3.05, 3.63) is 170 Å². The molecule has 0 bridgehead atoms. The fraction of sp³-hybridized carbons (Fsp3) is 0. The second-order valence-corrected chi connectivity index (χ2v) is 12.4. The van der Waals surface area contributed by atoms with Gasteiger partial charge in [0.25, 0.3) is 0 Å². The quantitative estimate of drug-likeness (QED) is 0.185. The molecular weight excluding hydrogens is 569 g/mol. The molecule has 218 valence electrons. The Morgan fingerprint density at radius 1 is 0.298 bits per heavy atom. The molecule has 1 nitrogen and oxygen atoms in total. The van der Waals surface area contributed by atoms with E-state index in [2.05, 4.69) is 170 Å². The Labute approximate surface area is 271 Å². The van der Waals surface area contributed by atoms with Crippen LogP contribution in [0.25, 0.3) is 98.4 Å². The molecule has 0 saturated heterocycles. The molecule has 0 saturated carbocycles. The summed E-state index contributed by atoms with van der Waals surface area (Å²) in [4.78, 5) is 0. The third-order valence-corrected chi connectivity index (χ3v) is 9.82. The van der Waals surface area contributed by atoms with Crippen LogP contribution >= 0.6 is 0 Å². The molecule has 0 unspecified atom stereocenters. The zero-order valence-electron chi connectivity index (χ0n) is 25.6. The molecule has 0 amide bonds. The maximum Gasteiger partial charge on any atom is 0.143 e. The zero-order valence-corrected chi connectivity index (χ0v) is 25.6. The van der Waals surface area contributed by atoms with E-state index in [1.807, 2.05) is 0 Å². The lowest BCUT2D eigenvalue weighted by molar-refractivity contribution is 0.673. The van der Waals surface area contributed by atoms with Gasteiger partial charge in [-0.15, -0.1) is 0 Å². The SMILES string of the molecule is c1ccc(-c2cc3cc(-c4cccc(-c5cccc6oc7c8ccccc8ccc7c56)c4)c4ccccc4c3c3ccccc23)cc1. The minimum Gasteiger partial charge on any atom is -0.455 e. The predicted molar refractivity (Wildman–Crippen MR) is 200 cm³/mol. The molecule has 0 aliphatic heterocycles. The van der Waals surface area contributed by atoms with Gasteiger partial charge in [0, 0.05) is 16.2 Å². The Bertz CT molecular complexity index is 2840. The second kappa shape index (κ2) is 10.2. The monoisotopic (exact) mass is 596 g/mol. The minimum atomic E-state index is 0.913. The molecule has 10 rings (SSSR count). The highest BCUT2D eigenvalue weighted by Gasteiger charge is 2.17. The topological polar surface area (TPSA) is 13.1 Å². The Morgan fingerprint density at radius 2 is 0.872 bits per heavy atom. The van der Waals surface area contributed by atoms with Crippen LogP contribution in [0.1, 0.15) is 0 Å². The third-order valence-electron chi connectivity index (χ3n) is 9.82. The standard InChI is InChI=1S/C46H28O/c1-2-12-29(13-3-1)41-27-33-28-42(37-19-7-9-21-39(37)44(33)38-20-8-6-18-36(38)41)32-16-10-15-31(26-32)34-22-11-23-43-45(34)40-25-24-30-14-4-5-17-35(30)46(40)47-43/h1-28H. The van der Waals surface area contributed by atoms with E-state index in [0.29, 0.717) is 0 Å². The van der Waals surface area contributed by atoms with Crippen molar-refractivity contribution in [2.24, 2.45) is 0 Å². The van der Waals surface area contributed by atoms with E-state index in [0.717, 1.165) is 27.3 Å². The van der Waals surface area contributed by atoms with Gasteiger partial charge in [0.05, 0.1) is 0 Å². The average Bonchev–Trinajstić information content (AvgIpc) is 3.54. The Hall–Kier alpha value is -6.18. The predicted octanol–water partition coefficient (Wildman–Crippen LogP) is 13.2. The van der Waals surface area contributed by atoms with E-state index < -0.39 is 0 Å². The summed E-state index contributed by atoms with van der Waals surface area (Å²) in [6, 6.07) is 61.5. The number of rotatable bonds is 3. The van der Waals surface area contributed by atoms with Crippen molar-refractivity contribution >= 4 is 65.0 Å². The van der Waals surface area contributed by atoms with Crippen molar-refractivity contribution in [3.63, 3.8) is 0 Å². The molecule has 47 heavy (non-hydrogen) atoms. The normalized spacial score (nSPS) is 11.8. The van der Waals surface area contributed by atoms with Gasteiger partial charge in [0.15, 0.2) is 0 Å². The van der Waals surface area contributed by atoms with E-state index in [4.69, 9.17) is 4.42 Å². The van der Waals surface area contributed by atoms with Crippen molar-refractivity contribution in [3.8, 4) is 33.4 Å². The first-order valence-electron chi connectivity index (χ1n) is 16.2. The molecule has 0 spiro atoms. The molecule has 1 heteroatoms. The number of benzene rings is 9. The molecule has 9 aromatic carbocycles. The fourth-order valence-electron chi connectivity index (χ4n) is 7.72. The summed E-state index contributed by atoms with van der Waals surface area (Å²) in [6.45, 7) is 0. The van der Waals surface area contributed by atoms with Gasteiger partial charge in [-0.05, 0) is 101 Å². The maximum absolute atomic E-state index is 6.53. The maximum atomic E-state index is 6.53. The van der Waals surface area contributed by atoms with E-state index in [1.54, 1.807) is 0 Å². The van der Waals surface area contributed by atoms with Crippen LogP contribution < -0.4 is 0 Å². The van der Waals surface area contributed by atoms with Crippen molar-refractivity contribution < 1.29 is 4.42 Å². The number of furan rings is 1. The highest BCUT2D eigenvalue weighted by atomic mass is 16.3. The van der Waals surface area contributed by atoms with Crippen molar-refractivity contribution in [2.75, 3.05) is 0 Å². The summed E-state index contributed by atoms with van der Waals surface area (Å²) in [5.74, 6) is 0. The van der Waals surface area contributed by atoms with E-state index in [-0.39, 0.29) is 0 Å². The van der Waals surface area contributed by atoms with Crippen molar-refractivity contribution in [1.82, 2.24) is 0 Å². The van der Waals surface area contributed by atoms with Gasteiger partial charge in [-0.2, -0.15) is 0 Å². The van der Waals surface area contributed by atoms with Gasteiger partial charge < -0.3 is 4.42 Å². The zero-order chi connectivity index (χ0) is 30.9. The van der Waals surface area contributed by atoms with Gasteiger partial charge in [0.2, 0.25) is 0 Å². The largest absolute Gasteiger partial charge is 0.455 e. The Morgan fingerprint density at radius 3 is 1.62 bits per heavy atom. The number of fused-ring (bicyclic) bond motifs is 10. The van der Waals surface area contributed by atoms with Crippen LogP contribution in [0.2, 0.25) is 0 Å². The van der Waals surface area contributed by atoms with Gasteiger partial charge in [0.1, 0.15) is 11.2 Å². The summed E-state index contributed by atoms with van der Waals surface area (Å²) in [7, 11) is 0.